The summed E-state index contributed by atoms with van der Waals surface area (Å²) in [5.41, 5.74) is 0.845. The van der Waals surface area contributed by atoms with E-state index in [-0.39, 0.29) is 0 Å². The summed E-state index contributed by atoms with van der Waals surface area (Å²) in [6, 6.07) is 7.87. The predicted molar refractivity (Wildman–Crippen MR) is 66.7 cm³/mol. The molecule has 1 aromatic carbocycles. The highest BCUT2D eigenvalue weighted by Gasteiger charge is 2.08. The monoisotopic (exact) mass is 249 g/mol. The van der Waals surface area contributed by atoms with E-state index in [9.17, 15) is 0 Å². The van der Waals surface area contributed by atoms with Crippen molar-refractivity contribution in [1.29, 1.82) is 0 Å². The summed E-state index contributed by atoms with van der Waals surface area (Å²) < 4.78 is 15.1. The van der Waals surface area contributed by atoms with Gasteiger partial charge in [0.25, 0.3) is 0 Å². The summed E-state index contributed by atoms with van der Waals surface area (Å²) in [5.74, 6) is 1.28. The zero-order valence-corrected chi connectivity index (χ0v) is 10.3. The molecule has 0 fully saturated rings. The molecule has 0 aliphatic heterocycles. The molecule has 0 atom stereocenters. The quantitative estimate of drug-likeness (QED) is 0.787. The third kappa shape index (κ3) is 2.98. The molecule has 18 heavy (non-hydrogen) atoms. The topological polar surface area (TPSA) is 69.4 Å². The third-order valence-electron chi connectivity index (χ3n) is 2.34. The molecule has 0 aliphatic carbocycles. The Morgan fingerprint density at radius 2 is 2.22 bits per heavy atom. The van der Waals surface area contributed by atoms with Crippen molar-refractivity contribution in [2.45, 2.75) is 0 Å². The maximum absolute atomic E-state index is 5.14. The number of anilines is 1. The fourth-order valence-electron chi connectivity index (χ4n) is 1.43. The van der Waals surface area contributed by atoms with E-state index < -0.39 is 0 Å². The molecule has 0 unspecified atom stereocenters. The number of aromatic nitrogens is 2. The minimum atomic E-state index is 0.380. The number of hydrogen-bond acceptors (Lipinski definition) is 6. The fraction of sp³-hybridized carbons (Fsp3) is 0.333. The van der Waals surface area contributed by atoms with E-state index in [2.05, 4.69) is 15.5 Å². The summed E-state index contributed by atoms with van der Waals surface area (Å²) in [4.78, 5) is 4.23. The van der Waals surface area contributed by atoms with Gasteiger partial charge in [0.15, 0.2) is 0 Å². The van der Waals surface area contributed by atoms with Crippen molar-refractivity contribution in [1.82, 2.24) is 10.1 Å². The van der Waals surface area contributed by atoms with Crippen LogP contribution in [0.2, 0.25) is 0 Å². The number of nitrogens with one attached hydrogen (secondary N) is 1. The summed E-state index contributed by atoms with van der Waals surface area (Å²) in [7, 11) is 3.25. The smallest absolute Gasteiger partial charge is 0.321 e. The van der Waals surface area contributed by atoms with Crippen molar-refractivity contribution >= 4 is 6.01 Å². The van der Waals surface area contributed by atoms with Gasteiger partial charge in [-0.15, -0.1) is 0 Å². The average Bonchev–Trinajstić information content (AvgIpc) is 2.88. The highest BCUT2D eigenvalue weighted by Crippen LogP contribution is 2.22. The predicted octanol–water partition coefficient (Wildman–Crippen LogP) is 1.80. The number of hydrogen-bond donors (Lipinski definition) is 1. The Kier molecular flexibility index (Phi) is 4.14. The number of methoxy groups -OCH3 is 2. The van der Waals surface area contributed by atoms with Crippen LogP contribution in [0.3, 0.4) is 0 Å². The van der Waals surface area contributed by atoms with Gasteiger partial charge >= 0.3 is 6.01 Å². The SMILES string of the molecule is COCCNc1nc(-c2cccc(OC)c2)no1. The van der Waals surface area contributed by atoms with Crippen molar-refractivity contribution < 1.29 is 14.0 Å². The standard InChI is InChI=1S/C12H15N3O3/c1-16-7-6-13-12-14-11(15-18-12)9-4-3-5-10(8-9)17-2/h3-5,8H,6-7H2,1-2H3,(H,13,14,15). The summed E-state index contributed by atoms with van der Waals surface area (Å²) in [6.07, 6.45) is 0. The molecule has 6 nitrogen and oxygen atoms in total. The van der Waals surface area contributed by atoms with E-state index in [4.69, 9.17) is 14.0 Å². The van der Waals surface area contributed by atoms with Gasteiger partial charge in [-0.25, -0.2) is 0 Å². The van der Waals surface area contributed by atoms with Gasteiger partial charge in [-0.2, -0.15) is 4.98 Å². The number of ether oxygens (including phenoxy) is 2. The third-order valence-corrected chi connectivity index (χ3v) is 2.34. The molecule has 96 valence electrons. The molecule has 0 bridgehead atoms. The second kappa shape index (κ2) is 6.02. The lowest BCUT2D eigenvalue weighted by Crippen LogP contribution is -2.07. The van der Waals surface area contributed by atoms with Crippen LogP contribution in [0, 0.1) is 0 Å². The molecule has 0 amide bonds. The highest BCUT2D eigenvalue weighted by atomic mass is 16.5. The molecule has 0 radical (unpaired) electrons. The average molecular weight is 249 g/mol. The molecule has 1 heterocycles. The highest BCUT2D eigenvalue weighted by molar-refractivity contribution is 5.57. The van der Waals surface area contributed by atoms with Crippen LogP contribution in [0.1, 0.15) is 0 Å². The van der Waals surface area contributed by atoms with Crippen LogP contribution in [0.15, 0.2) is 28.8 Å². The van der Waals surface area contributed by atoms with Gasteiger partial charge in [0.1, 0.15) is 5.75 Å². The molecule has 2 rings (SSSR count). The van der Waals surface area contributed by atoms with E-state index in [0.29, 0.717) is 25.0 Å². The number of benzene rings is 1. The van der Waals surface area contributed by atoms with Gasteiger partial charge in [0, 0.05) is 19.2 Å². The molecule has 0 aliphatic rings. The van der Waals surface area contributed by atoms with Crippen LogP contribution in [0.25, 0.3) is 11.4 Å². The van der Waals surface area contributed by atoms with Crippen LogP contribution >= 0.6 is 0 Å². The summed E-state index contributed by atoms with van der Waals surface area (Å²) in [6.45, 7) is 1.20. The van der Waals surface area contributed by atoms with E-state index in [1.54, 1.807) is 14.2 Å². The maximum Gasteiger partial charge on any atom is 0.321 e. The van der Waals surface area contributed by atoms with E-state index in [1.165, 1.54) is 0 Å². The molecule has 2 aromatic rings. The minimum Gasteiger partial charge on any atom is -0.497 e. The van der Waals surface area contributed by atoms with Crippen LogP contribution < -0.4 is 10.1 Å². The molecular weight excluding hydrogens is 234 g/mol. The number of nitrogens with zero attached hydrogens (tertiary/aromatic N) is 2. The van der Waals surface area contributed by atoms with Gasteiger partial charge < -0.3 is 19.3 Å². The first-order valence-corrected chi connectivity index (χ1v) is 5.54. The van der Waals surface area contributed by atoms with Crippen molar-refractivity contribution in [2.75, 3.05) is 32.7 Å². The van der Waals surface area contributed by atoms with E-state index in [0.717, 1.165) is 11.3 Å². The van der Waals surface area contributed by atoms with Crippen LogP contribution in [-0.2, 0) is 4.74 Å². The molecule has 1 aromatic heterocycles. The molecule has 0 saturated carbocycles. The summed E-state index contributed by atoms with van der Waals surface area (Å²) >= 11 is 0. The Labute approximate surface area is 105 Å². The molecule has 0 spiro atoms. The normalized spacial score (nSPS) is 10.3. The molecule has 1 N–H and O–H groups in total. The zero-order chi connectivity index (χ0) is 12.8. The second-order valence-corrected chi connectivity index (χ2v) is 3.57. The molecule has 0 saturated heterocycles. The lowest BCUT2D eigenvalue weighted by molar-refractivity contribution is 0.210. The van der Waals surface area contributed by atoms with Crippen molar-refractivity contribution in [3.05, 3.63) is 24.3 Å². The van der Waals surface area contributed by atoms with Gasteiger partial charge in [0.05, 0.1) is 13.7 Å². The Hall–Kier alpha value is -2.08. The second-order valence-electron chi connectivity index (χ2n) is 3.57. The van der Waals surface area contributed by atoms with Gasteiger partial charge in [0.2, 0.25) is 5.82 Å². The molecular formula is C12H15N3O3. The van der Waals surface area contributed by atoms with Crippen molar-refractivity contribution in [3.63, 3.8) is 0 Å². The largest absolute Gasteiger partial charge is 0.497 e. The first-order chi connectivity index (χ1) is 8.83. The van der Waals surface area contributed by atoms with Crippen LogP contribution in [-0.4, -0.2) is 37.5 Å². The Bertz CT molecular complexity index is 499. The number of rotatable bonds is 6. The lowest BCUT2D eigenvalue weighted by atomic mass is 10.2. The first-order valence-electron chi connectivity index (χ1n) is 5.54. The first kappa shape index (κ1) is 12.4. The van der Waals surface area contributed by atoms with Gasteiger partial charge in [-0.1, -0.05) is 17.3 Å². The molecule has 6 heteroatoms. The van der Waals surface area contributed by atoms with Crippen LogP contribution in [0.5, 0.6) is 5.75 Å². The van der Waals surface area contributed by atoms with E-state index in [1.807, 2.05) is 24.3 Å². The van der Waals surface area contributed by atoms with Crippen molar-refractivity contribution in [2.24, 2.45) is 0 Å². The summed E-state index contributed by atoms with van der Waals surface area (Å²) in [5, 5.41) is 6.86. The maximum atomic E-state index is 5.14. The Morgan fingerprint density at radius 3 is 3.00 bits per heavy atom. The Morgan fingerprint density at radius 1 is 1.33 bits per heavy atom. The fourth-order valence-corrected chi connectivity index (χ4v) is 1.43. The van der Waals surface area contributed by atoms with Crippen molar-refractivity contribution in [3.8, 4) is 17.1 Å². The van der Waals surface area contributed by atoms with E-state index >= 15 is 0 Å². The van der Waals surface area contributed by atoms with Crippen LogP contribution in [0.4, 0.5) is 6.01 Å². The van der Waals surface area contributed by atoms with Gasteiger partial charge in [-0.05, 0) is 12.1 Å². The minimum absolute atomic E-state index is 0.380. The van der Waals surface area contributed by atoms with Gasteiger partial charge in [-0.3, -0.25) is 0 Å². The Balaban J connectivity index is 2.08. The zero-order valence-electron chi connectivity index (χ0n) is 10.3. The lowest BCUT2D eigenvalue weighted by Gasteiger charge is -2.00.